The van der Waals surface area contributed by atoms with Gasteiger partial charge in [0.2, 0.25) is 5.91 Å². The summed E-state index contributed by atoms with van der Waals surface area (Å²) in [5, 5.41) is 0. The second-order valence-corrected chi connectivity index (χ2v) is 7.03. The molecule has 0 bridgehead atoms. The molecule has 3 amide bonds. The largest absolute Gasteiger partial charge is 0.334 e. The SMILES string of the molecule is CC(C(=O)N(Cc1ccc(F)cc1)C1CC1)N1C(=O)c2ccccc2C1=O. The van der Waals surface area contributed by atoms with Crippen molar-refractivity contribution in [2.45, 2.75) is 38.4 Å². The van der Waals surface area contributed by atoms with Crippen LogP contribution in [0.1, 0.15) is 46.0 Å². The summed E-state index contributed by atoms with van der Waals surface area (Å²) in [5.41, 5.74) is 1.48. The van der Waals surface area contributed by atoms with Crippen molar-refractivity contribution in [1.82, 2.24) is 9.80 Å². The quantitative estimate of drug-likeness (QED) is 0.765. The minimum absolute atomic E-state index is 0.0974. The molecule has 0 spiro atoms. The summed E-state index contributed by atoms with van der Waals surface area (Å²) in [6.07, 6.45) is 1.78. The molecule has 1 atom stereocenters. The standard InChI is InChI=1S/C21H19FN2O3/c1-13(24-20(26)17-4-2-3-5-18(17)21(24)27)19(25)23(16-10-11-16)12-14-6-8-15(22)9-7-14/h2-9,13,16H,10-12H2,1H3. The van der Waals surface area contributed by atoms with Gasteiger partial charge in [0, 0.05) is 12.6 Å². The molecule has 1 fully saturated rings. The van der Waals surface area contributed by atoms with Gasteiger partial charge in [-0.2, -0.15) is 0 Å². The highest BCUT2D eigenvalue weighted by atomic mass is 19.1. The molecule has 5 nitrogen and oxygen atoms in total. The highest BCUT2D eigenvalue weighted by Gasteiger charge is 2.43. The number of rotatable bonds is 5. The third-order valence-electron chi connectivity index (χ3n) is 5.11. The zero-order valence-electron chi connectivity index (χ0n) is 14.9. The van der Waals surface area contributed by atoms with Gasteiger partial charge in [0.1, 0.15) is 11.9 Å². The summed E-state index contributed by atoms with van der Waals surface area (Å²) in [6.45, 7) is 1.92. The van der Waals surface area contributed by atoms with Gasteiger partial charge in [-0.1, -0.05) is 24.3 Å². The Morgan fingerprint density at radius 1 is 1.07 bits per heavy atom. The Balaban J connectivity index is 1.56. The van der Waals surface area contributed by atoms with E-state index in [1.807, 2.05) is 0 Å². The van der Waals surface area contributed by atoms with E-state index in [-0.39, 0.29) is 17.8 Å². The highest BCUT2D eigenvalue weighted by molar-refractivity contribution is 6.22. The Morgan fingerprint density at radius 2 is 1.63 bits per heavy atom. The molecule has 0 radical (unpaired) electrons. The molecule has 0 saturated heterocycles. The number of amides is 3. The maximum atomic E-state index is 13.1. The van der Waals surface area contributed by atoms with Crippen LogP contribution >= 0.6 is 0 Å². The Hall–Kier alpha value is -3.02. The molecular formula is C21H19FN2O3. The fraction of sp³-hybridized carbons (Fsp3) is 0.286. The molecule has 4 rings (SSSR count). The third kappa shape index (κ3) is 3.12. The van der Waals surface area contributed by atoms with Gasteiger partial charge in [0.05, 0.1) is 11.1 Å². The summed E-state index contributed by atoms with van der Waals surface area (Å²) >= 11 is 0. The van der Waals surface area contributed by atoms with E-state index >= 15 is 0 Å². The predicted octanol–water partition coefficient (Wildman–Crippen LogP) is 3.00. The van der Waals surface area contributed by atoms with E-state index in [4.69, 9.17) is 0 Å². The Bertz CT molecular complexity index is 886. The number of hydrogen-bond acceptors (Lipinski definition) is 3. The number of carbonyl (C=O) groups is 3. The molecule has 2 aliphatic rings. The van der Waals surface area contributed by atoms with E-state index in [0.29, 0.717) is 17.7 Å². The van der Waals surface area contributed by atoms with Gasteiger partial charge >= 0.3 is 0 Å². The lowest BCUT2D eigenvalue weighted by Gasteiger charge is -2.29. The molecule has 0 N–H and O–H groups in total. The number of carbonyl (C=O) groups excluding carboxylic acids is 3. The van der Waals surface area contributed by atoms with Gasteiger partial charge in [0.25, 0.3) is 11.8 Å². The third-order valence-corrected chi connectivity index (χ3v) is 5.11. The molecule has 138 valence electrons. The van der Waals surface area contributed by atoms with Gasteiger partial charge in [-0.15, -0.1) is 0 Å². The van der Waals surface area contributed by atoms with E-state index in [1.54, 1.807) is 48.2 Å². The lowest BCUT2D eigenvalue weighted by atomic mass is 10.1. The van der Waals surface area contributed by atoms with Gasteiger partial charge in [0.15, 0.2) is 0 Å². The van der Waals surface area contributed by atoms with Crippen molar-refractivity contribution in [2.75, 3.05) is 0 Å². The first kappa shape index (κ1) is 17.4. The Morgan fingerprint density at radius 3 is 2.15 bits per heavy atom. The van der Waals surface area contributed by atoms with Crippen LogP contribution < -0.4 is 0 Å². The van der Waals surface area contributed by atoms with E-state index in [2.05, 4.69) is 0 Å². The predicted molar refractivity (Wildman–Crippen MR) is 96.4 cm³/mol. The van der Waals surface area contributed by atoms with Crippen LogP contribution in [0.5, 0.6) is 0 Å². The van der Waals surface area contributed by atoms with Crippen molar-refractivity contribution in [3.05, 3.63) is 71.0 Å². The molecule has 1 saturated carbocycles. The molecule has 1 heterocycles. The first-order valence-electron chi connectivity index (χ1n) is 8.99. The second kappa shape index (κ2) is 6.61. The summed E-state index contributed by atoms with van der Waals surface area (Å²) in [7, 11) is 0. The highest BCUT2D eigenvalue weighted by Crippen LogP contribution is 2.31. The molecule has 2 aromatic carbocycles. The van der Waals surface area contributed by atoms with E-state index < -0.39 is 17.9 Å². The van der Waals surface area contributed by atoms with E-state index in [9.17, 15) is 18.8 Å². The van der Waals surface area contributed by atoms with Crippen LogP contribution in [-0.4, -0.2) is 39.6 Å². The number of benzene rings is 2. The Labute approximate surface area is 156 Å². The monoisotopic (exact) mass is 366 g/mol. The van der Waals surface area contributed by atoms with Crippen molar-refractivity contribution >= 4 is 17.7 Å². The number of hydrogen-bond donors (Lipinski definition) is 0. The lowest BCUT2D eigenvalue weighted by molar-refractivity contribution is -0.136. The number of nitrogens with zero attached hydrogens (tertiary/aromatic N) is 2. The zero-order chi connectivity index (χ0) is 19.1. The van der Waals surface area contributed by atoms with Gasteiger partial charge in [-0.05, 0) is 49.6 Å². The minimum Gasteiger partial charge on any atom is -0.334 e. The van der Waals surface area contributed by atoms with Crippen LogP contribution in [0.3, 0.4) is 0 Å². The fourth-order valence-electron chi connectivity index (χ4n) is 3.47. The summed E-state index contributed by atoms with van der Waals surface area (Å²) in [4.78, 5) is 41.2. The van der Waals surface area contributed by atoms with Crippen LogP contribution in [-0.2, 0) is 11.3 Å². The molecule has 6 heteroatoms. The average molecular weight is 366 g/mol. The minimum atomic E-state index is -0.890. The molecular weight excluding hydrogens is 347 g/mol. The first-order chi connectivity index (χ1) is 13.0. The van der Waals surface area contributed by atoms with E-state index in [0.717, 1.165) is 23.3 Å². The first-order valence-corrected chi connectivity index (χ1v) is 8.99. The van der Waals surface area contributed by atoms with Crippen molar-refractivity contribution in [2.24, 2.45) is 0 Å². The van der Waals surface area contributed by atoms with Crippen molar-refractivity contribution < 1.29 is 18.8 Å². The zero-order valence-corrected chi connectivity index (χ0v) is 14.9. The maximum Gasteiger partial charge on any atom is 0.262 e. The van der Waals surface area contributed by atoms with Crippen LogP contribution in [0, 0.1) is 5.82 Å². The lowest BCUT2D eigenvalue weighted by Crippen LogP contribution is -2.49. The smallest absolute Gasteiger partial charge is 0.262 e. The van der Waals surface area contributed by atoms with Gasteiger partial charge in [-0.25, -0.2) is 4.39 Å². The number of imide groups is 1. The Kier molecular flexibility index (Phi) is 4.26. The van der Waals surface area contributed by atoms with E-state index in [1.165, 1.54) is 12.1 Å². The topological polar surface area (TPSA) is 57.7 Å². The number of fused-ring (bicyclic) bond motifs is 1. The number of halogens is 1. The molecule has 1 aliphatic carbocycles. The van der Waals surface area contributed by atoms with Crippen molar-refractivity contribution in [3.8, 4) is 0 Å². The average Bonchev–Trinajstić information content (AvgIpc) is 3.48. The molecule has 0 aromatic heterocycles. The van der Waals surface area contributed by atoms with Crippen LogP contribution in [0.2, 0.25) is 0 Å². The van der Waals surface area contributed by atoms with Gasteiger partial charge < -0.3 is 4.90 Å². The molecule has 27 heavy (non-hydrogen) atoms. The second-order valence-electron chi connectivity index (χ2n) is 7.03. The van der Waals surface area contributed by atoms with Crippen LogP contribution in [0.15, 0.2) is 48.5 Å². The maximum absolute atomic E-state index is 13.1. The van der Waals surface area contributed by atoms with Crippen molar-refractivity contribution in [3.63, 3.8) is 0 Å². The molecule has 1 aliphatic heterocycles. The van der Waals surface area contributed by atoms with Gasteiger partial charge in [-0.3, -0.25) is 19.3 Å². The normalized spacial score (nSPS) is 17.0. The van der Waals surface area contributed by atoms with Crippen LogP contribution in [0.4, 0.5) is 4.39 Å². The fourth-order valence-corrected chi connectivity index (χ4v) is 3.47. The van der Waals surface area contributed by atoms with Crippen LogP contribution in [0.25, 0.3) is 0 Å². The molecule has 2 aromatic rings. The summed E-state index contributed by atoms with van der Waals surface area (Å²) in [5.74, 6) is -1.47. The van der Waals surface area contributed by atoms with Crippen molar-refractivity contribution in [1.29, 1.82) is 0 Å². The summed E-state index contributed by atoms with van der Waals surface area (Å²) < 4.78 is 13.1. The molecule has 1 unspecified atom stereocenters. The summed E-state index contributed by atoms with van der Waals surface area (Å²) in [6, 6.07) is 11.8.